The van der Waals surface area contributed by atoms with E-state index < -0.39 is 0 Å². The molecule has 22 heavy (non-hydrogen) atoms. The fourth-order valence-electron chi connectivity index (χ4n) is 1.95. The van der Waals surface area contributed by atoms with Crippen molar-refractivity contribution in [3.05, 3.63) is 30.1 Å². The van der Waals surface area contributed by atoms with Gasteiger partial charge < -0.3 is 15.4 Å². The van der Waals surface area contributed by atoms with Crippen LogP contribution in [-0.2, 0) is 9.59 Å². The quantitative estimate of drug-likeness (QED) is 0.681. The highest BCUT2D eigenvalue weighted by atomic mass is 19.1. The number of halogens is 1. The van der Waals surface area contributed by atoms with Gasteiger partial charge in [-0.15, -0.1) is 0 Å². The highest BCUT2D eigenvalue weighted by Gasteiger charge is 2.28. The smallest absolute Gasteiger partial charge is 0.223 e. The second-order valence-corrected chi connectivity index (χ2v) is 5.32. The summed E-state index contributed by atoms with van der Waals surface area (Å²) in [4.78, 5) is 22.9. The summed E-state index contributed by atoms with van der Waals surface area (Å²) in [5, 5.41) is 5.54. The molecule has 1 saturated carbocycles. The SMILES string of the molecule is O=C(CCCNC(=O)C1CC1)NCCOc1cccc(F)c1. The molecule has 0 aliphatic heterocycles. The van der Waals surface area contributed by atoms with Gasteiger partial charge in [-0.1, -0.05) is 6.07 Å². The first kappa shape index (κ1) is 16.3. The van der Waals surface area contributed by atoms with E-state index in [1.807, 2.05) is 0 Å². The summed E-state index contributed by atoms with van der Waals surface area (Å²) in [6.45, 7) is 1.18. The first-order valence-corrected chi connectivity index (χ1v) is 7.58. The van der Waals surface area contributed by atoms with Gasteiger partial charge in [-0.05, 0) is 31.4 Å². The lowest BCUT2D eigenvalue weighted by Gasteiger charge is -2.08. The minimum atomic E-state index is -0.352. The van der Waals surface area contributed by atoms with Gasteiger partial charge in [0, 0.05) is 24.9 Å². The molecule has 2 N–H and O–H groups in total. The first-order chi connectivity index (χ1) is 10.6. The van der Waals surface area contributed by atoms with Crippen LogP contribution < -0.4 is 15.4 Å². The van der Waals surface area contributed by atoms with Gasteiger partial charge in [-0.2, -0.15) is 0 Å². The van der Waals surface area contributed by atoms with Crippen molar-refractivity contribution in [1.82, 2.24) is 10.6 Å². The summed E-state index contributed by atoms with van der Waals surface area (Å²) in [6.07, 6.45) is 2.95. The number of hydrogen-bond donors (Lipinski definition) is 2. The van der Waals surface area contributed by atoms with E-state index in [9.17, 15) is 14.0 Å². The zero-order valence-corrected chi connectivity index (χ0v) is 12.4. The Kier molecular flexibility index (Phi) is 6.18. The van der Waals surface area contributed by atoms with Crippen LogP contribution >= 0.6 is 0 Å². The molecule has 1 aromatic carbocycles. The van der Waals surface area contributed by atoms with E-state index >= 15 is 0 Å². The fourth-order valence-corrected chi connectivity index (χ4v) is 1.95. The lowest BCUT2D eigenvalue weighted by molar-refractivity contribution is -0.123. The Labute approximate surface area is 129 Å². The van der Waals surface area contributed by atoms with Crippen molar-refractivity contribution in [3.63, 3.8) is 0 Å². The van der Waals surface area contributed by atoms with Gasteiger partial charge in [0.1, 0.15) is 18.2 Å². The highest BCUT2D eigenvalue weighted by Crippen LogP contribution is 2.28. The molecule has 1 fully saturated rings. The predicted octanol–water partition coefficient (Wildman–Crippen LogP) is 1.63. The Morgan fingerprint density at radius 2 is 2.05 bits per heavy atom. The maximum atomic E-state index is 12.9. The molecule has 1 aliphatic carbocycles. The molecule has 0 aromatic heterocycles. The van der Waals surface area contributed by atoms with Gasteiger partial charge in [0.2, 0.25) is 11.8 Å². The summed E-state index contributed by atoms with van der Waals surface area (Å²) >= 11 is 0. The van der Waals surface area contributed by atoms with Crippen LogP contribution in [0.1, 0.15) is 25.7 Å². The monoisotopic (exact) mass is 308 g/mol. The van der Waals surface area contributed by atoms with Crippen LogP contribution in [0, 0.1) is 11.7 Å². The number of rotatable bonds is 9. The third-order valence-electron chi connectivity index (χ3n) is 3.32. The molecule has 120 valence electrons. The fraction of sp³-hybridized carbons (Fsp3) is 0.500. The second kappa shape index (κ2) is 8.36. The van der Waals surface area contributed by atoms with E-state index in [-0.39, 0.29) is 30.2 Å². The van der Waals surface area contributed by atoms with Crippen molar-refractivity contribution in [2.75, 3.05) is 19.7 Å². The summed E-state index contributed by atoms with van der Waals surface area (Å²) in [5.41, 5.74) is 0. The summed E-state index contributed by atoms with van der Waals surface area (Å²) in [7, 11) is 0. The number of benzene rings is 1. The number of nitrogens with one attached hydrogen (secondary N) is 2. The highest BCUT2D eigenvalue weighted by molar-refractivity contribution is 5.81. The topological polar surface area (TPSA) is 67.4 Å². The standard InChI is InChI=1S/C16H21FN2O3/c17-13-3-1-4-14(11-13)22-10-9-18-15(20)5-2-8-19-16(21)12-6-7-12/h1,3-4,11-12H,2,5-10H2,(H,18,20)(H,19,21). The normalized spacial score (nSPS) is 13.5. The number of hydrogen-bond acceptors (Lipinski definition) is 3. The van der Waals surface area contributed by atoms with Crippen LogP contribution in [0.2, 0.25) is 0 Å². The molecule has 0 spiro atoms. The van der Waals surface area contributed by atoms with Crippen LogP contribution in [0.3, 0.4) is 0 Å². The van der Waals surface area contributed by atoms with Crippen LogP contribution in [0.4, 0.5) is 4.39 Å². The molecule has 1 aromatic rings. The van der Waals surface area contributed by atoms with E-state index in [0.29, 0.717) is 31.7 Å². The average molecular weight is 308 g/mol. The summed E-state index contributed by atoms with van der Waals surface area (Å²) in [6, 6.07) is 5.87. The van der Waals surface area contributed by atoms with Crippen LogP contribution in [0.5, 0.6) is 5.75 Å². The Balaban J connectivity index is 1.47. The molecule has 0 radical (unpaired) electrons. The minimum absolute atomic E-state index is 0.0801. The molecule has 1 aliphatic rings. The largest absolute Gasteiger partial charge is 0.492 e. The predicted molar refractivity (Wildman–Crippen MR) is 79.9 cm³/mol. The van der Waals surface area contributed by atoms with Gasteiger partial charge in [-0.25, -0.2) is 4.39 Å². The molecule has 2 rings (SSSR count). The zero-order valence-electron chi connectivity index (χ0n) is 12.4. The van der Waals surface area contributed by atoms with Crippen LogP contribution in [0.15, 0.2) is 24.3 Å². The Bertz CT molecular complexity index is 518. The van der Waals surface area contributed by atoms with Crippen molar-refractivity contribution in [2.45, 2.75) is 25.7 Å². The number of carbonyl (C=O) groups is 2. The molecule has 0 unspecified atom stereocenters. The zero-order chi connectivity index (χ0) is 15.8. The Hall–Kier alpha value is -2.11. The maximum absolute atomic E-state index is 12.9. The maximum Gasteiger partial charge on any atom is 0.223 e. The van der Waals surface area contributed by atoms with E-state index in [1.165, 1.54) is 12.1 Å². The minimum Gasteiger partial charge on any atom is -0.492 e. The molecule has 0 heterocycles. The van der Waals surface area contributed by atoms with Crippen LogP contribution in [-0.4, -0.2) is 31.5 Å². The number of amides is 2. The number of ether oxygens (including phenoxy) is 1. The summed E-state index contributed by atoms with van der Waals surface area (Å²) < 4.78 is 18.2. The van der Waals surface area contributed by atoms with E-state index in [1.54, 1.807) is 12.1 Å². The van der Waals surface area contributed by atoms with Gasteiger partial charge in [0.25, 0.3) is 0 Å². The van der Waals surface area contributed by atoms with Gasteiger partial charge in [-0.3, -0.25) is 9.59 Å². The van der Waals surface area contributed by atoms with Crippen molar-refractivity contribution >= 4 is 11.8 Å². The molecular formula is C16H21FN2O3. The Morgan fingerprint density at radius 1 is 1.23 bits per heavy atom. The van der Waals surface area contributed by atoms with Crippen molar-refractivity contribution < 1.29 is 18.7 Å². The van der Waals surface area contributed by atoms with Crippen molar-refractivity contribution in [3.8, 4) is 5.75 Å². The Morgan fingerprint density at radius 3 is 2.77 bits per heavy atom. The third kappa shape index (κ3) is 6.11. The van der Waals surface area contributed by atoms with Gasteiger partial charge in [0.05, 0.1) is 6.54 Å². The molecule has 0 atom stereocenters. The average Bonchev–Trinajstić information content (AvgIpc) is 3.33. The molecular weight excluding hydrogens is 287 g/mol. The van der Waals surface area contributed by atoms with E-state index in [2.05, 4.69) is 10.6 Å². The van der Waals surface area contributed by atoms with Crippen molar-refractivity contribution in [1.29, 1.82) is 0 Å². The molecule has 0 bridgehead atoms. The molecule has 2 amide bonds. The van der Waals surface area contributed by atoms with Gasteiger partial charge in [0.15, 0.2) is 0 Å². The van der Waals surface area contributed by atoms with Crippen LogP contribution in [0.25, 0.3) is 0 Å². The van der Waals surface area contributed by atoms with Gasteiger partial charge >= 0.3 is 0 Å². The molecule has 5 nitrogen and oxygen atoms in total. The lowest BCUT2D eigenvalue weighted by atomic mass is 10.3. The second-order valence-electron chi connectivity index (χ2n) is 5.32. The molecule has 0 saturated heterocycles. The summed E-state index contributed by atoms with van der Waals surface area (Å²) in [5.74, 6) is 0.313. The molecule has 6 heteroatoms. The van der Waals surface area contributed by atoms with E-state index in [0.717, 1.165) is 12.8 Å². The number of carbonyl (C=O) groups excluding carboxylic acids is 2. The van der Waals surface area contributed by atoms with Crippen molar-refractivity contribution in [2.24, 2.45) is 5.92 Å². The van der Waals surface area contributed by atoms with E-state index in [4.69, 9.17) is 4.74 Å². The first-order valence-electron chi connectivity index (χ1n) is 7.58. The lowest BCUT2D eigenvalue weighted by Crippen LogP contribution is -2.30. The third-order valence-corrected chi connectivity index (χ3v) is 3.32.